The van der Waals surface area contributed by atoms with Crippen molar-refractivity contribution in [2.24, 2.45) is 5.92 Å². The molecule has 0 radical (unpaired) electrons. The van der Waals surface area contributed by atoms with Gasteiger partial charge < -0.3 is 4.90 Å². The molecule has 0 spiro atoms. The number of carbonyl (C=O) groups is 2. The van der Waals surface area contributed by atoms with E-state index in [1.54, 1.807) is 16.2 Å². The predicted molar refractivity (Wildman–Crippen MR) is 87.0 cm³/mol. The Morgan fingerprint density at radius 2 is 2.14 bits per heavy atom. The van der Waals surface area contributed by atoms with Gasteiger partial charge in [0.25, 0.3) is 0 Å². The average Bonchev–Trinajstić information content (AvgIpc) is 2.68. The molecule has 21 heavy (non-hydrogen) atoms. The van der Waals surface area contributed by atoms with E-state index in [1.807, 2.05) is 19.9 Å². The molecule has 0 saturated carbocycles. The van der Waals surface area contributed by atoms with Gasteiger partial charge in [0.2, 0.25) is 5.91 Å². The maximum atomic E-state index is 12.4. The summed E-state index contributed by atoms with van der Waals surface area (Å²) in [4.78, 5) is 28.6. The first kappa shape index (κ1) is 16.2. The molecule has 1 amide bonds. The number of rotatable bonds is 5. The Hall–Kier alpha value is -1.16. The van der Waals surface area contributed by atoms with Crippen molar-refractivity contribution in [3.8, 4) is 0 Å². The van der Waals surface area contributed by atoms with Gasteiger partial charge in [-0.05, 0) is 38.7 Å². The van der Waals surface area contributed by atoms with Gasteiger partial charge in [-0.3, -0.25) is 9.59 Å². The third-order valence-corrected chi connectivity index (χ3v) is 5.27. The fraction of sp³-hybridized carbons (Fsp3) is 0.647. The molecular weight excluding hydrogens is 282 g/mol. The van der Waals surface area contributed by atoms with Crippen LogP contribution in [0.25, 0.3) is 0 Å². The third kappa shape index (κ3) is 4.16. The van der Waals surface area contributed by atoms with E-state index < -0.39 is 0 Å². The highest BCUT2D eigenvalue weighted by Gasteiger charge is 2.24. The van der Waals surface area contributed by atoms with Crippen LogP contribution in [0.1, 0.15) is 59.1 Å². The number of hydrogen-bond acceptors (Lipinski definition) is 3. The molecule has 0 bridgehead atoms. The van der Waals surface area contributed by atoms with E-state index in [0.717, 1.165) is 34.7 Å². The van der Waals surface area contributed by atoms with E-state index in [-0.39, 0.29) is 18.2 Å². The molecule has 1 aromatic heterocycles. The number of hydrogen-bond donors (Lipinski definition) is 0. The van der Waals surface area contributed by atoms with Gasteiger partial charge in [0.15, 0.2) is 5.78 Å². The number of nitrogens with zero attached hydrogens (tertiary/aromatic N) is 1. The molecule has 1 aliphatic heterocycles. The van der Waals surface area contributed by atoms with Crippen molar-refractivity contribution in [2.75, 3.05) is 13.1 Å². The minimum absolute atomic E-state index is 0.0825. The maximum absolute atomic E-state index is 12.4. The van der Waals surface area contributed by atoms with Crippen molar-refractivity contribution >= 4 is 23.0 Å². The molecule has 1 aromatic rings. The van der Waals surface area contributed by atoms with Crippen LogP contribution in [0.15, 0.2) is 6.07 Å². The number of likely N-dealkylation sites (tertiary alicyclic amines) is 1. The number of thiophene rings is 1. The third-order valence-electron chi connectivity index (χ3n) is 4.30. The second kappa shape index (κ2) is 7.21. The summed E-state index contributed by atoms with van der Waals surface area (Å²) >= 11 is 1.65. The molecule has 0 aromatic carbocycles. The number of ketones is 1. The lowest BCUT2D eigenvalue weighted by molar-refractivity contribution is -0.130. The molecular formula is C17H25NO2S. The van der Waals surface area contributed by atoms with E-state index in [0.29, 0.717) is 12.3 Å². The minimum Gasteiger partial charge on any atom is -0.335 e. The predicted octanol–water partition coefficient (Wildman–Crippen LogP) is 3.98. The highest BCUT2D eigenvalue weighted by atomic mass is 32.1. The van der Waals surface area contributed by atoms with E-state index in [1.165, 1.54) is 12.8 Å². The summed E-state index contributed by atoms with van der Waals surface area (Å²) in [5.74, 6) is 0.870. The molecule has 4 heteroatoms. The second-order valence-electron chi connectivity index (χ2n) is 6.05. The molecule has 116 valence electrons. The highest BCUT2D eigenvalue weighted by molar-refractivity contribution is 7.12. The molecule has 0 N–H and O–H groups in total. The molecule has 0 aliphatic carbocycles. The van der Waals surface area contributed by atoms with Gasteiger partial charge in [0.05, 0.1) is 6.54 Å². The Morgan fingerprint density at radius 3 is 2.76 bits per heavy atom. The summed E-state index contributed by atoms with van der Waals surface area (Å²) in [6.45, 7) is 7.16. The van der Waals surface area contributed by atoms with Crippen molar-refractivity contribution in [1.82, 2.24) is 4.90 Å². The summed E-state index contributed by atoms with van der Waals surface area (Å²) < 4.78 is 0. The fourth-order valence-corrected chi connectivity index (χ4v) is 4.07. The number of Topliss-reactive ketones (excluding diaryl/α,β-unsaturated/α-hetero) is 1. The van der Waals surface area contributed by atoms with E-state index >= 15 is 0 Å². The largest absolute Gasteiger partial charge is 0.335 e. The zero-order valence-corrected chi connectivity index (χ0v) is 14.1. The Bertz CT molecular complexity index is 521. The summed E-state index contributed by atoms with van der Waals surface area (Å²) in [5, 5.41) is 0. The van der Waals surface area contributed by atoms with Crippen molar-refractivity contribution in [1.29, 1.82) is 0 Å². The van der Waals surface area contributed by atoms with Crippen LogP contribution < -0.4 is 0 Å². The molecule has 1 atom stereocenters. The molecule has 1 saturated heterocycles. The van der Waals surface area contributed by atoms with Crippen molar-refractivity contribution < 1.29 is 9.59 Å². The van der Waals surface area contributed by atoms with Gasteiger partial charge in [0, 0.05) is 28.3 Å². The lowest BCUT2D eigenvalue weighted by Gasteiger charge is -2.20. The first-order chi connectivity index (χ1) is 10.0. The first-order valence-corrected chi connectivity index (χ1v) is 8.71. The van der Waals surface area contributed by atoms with Crippen LogP contribution in [0.4, 0.5) is 0 Å². The van der Waals surface area contributed by atoms with Gasteiger partial charge >= 0.3 is 0 Å². The summed E-state index contributed by atoms with van der Waals surface area (Å²) in [6, 6.07) is 1.95. The van der Waals surface area contributed by atoms with Crippen LogP contribution in [-0.2, 0) is 4.79 Å². The SMILES string of the molecule is CCCC1CCC(=O)N(CC(=O)c2cc(C)sc2C)CC1. The molecule has 1 unspecified atom stereocenters. The molecule has 2 heterocycles. The second-order valence-corrected chi connectivity index (χ2v) is 7.51. The number of amides is 1. The van der Waals surface area contributed by atoms with Crippen LogP contribution >= 0.6 is 11.3 Å². The van der Waals surface area contributed by atoms with Crippen LogP contribution in [-0.4, -0.2) is 29.7 Å². The van der Waals surface area contributed by atoms with E-state index in [2.05, 4.69) is 6.92 Å². The van der Waals surface area contributed by atoms with Gasteiger partial charge in [-0.15, -0.1) is 11.3 Å². The fourth-order valence-electron chi connectivity index (χ4n) is 3.12. The molecule has 2 rings (SSSR count). The van der Waals surface area contributed by atoms with Gasteiger partial charge in [-0.2, -0.15) is 0 Å². The van der Waals surface area contributed by atoms with Crippen molar-refractivity contribution in [3.05, 3.63) is 21.4 Å². The van der Waals surface area contributed by atoms with Gasteiger partial charge in [0.1, 0.15) is 0 Å². The average molecular weight is 307 g/mol. The Kier molecular flexibility index (Phi) is 5.57. The van der Waals surface area contributed by atoms with Crippen LogP contribution in [0.5, 0.6) is 0 Å². The van der Waals surface area contributed by atoms with E-state index in [4.69, 9.17) is 0 Å². The lowest BCUT2D eigenvalue weighted by Crippen LogP contribution is -2.35. The highest BCUT2D eigenvalue weighted by Crippen LogP contribution is 2.24. The first-order valence-electron chi connectivity index (χ1n) is 7.89. The van der Waals surface area contributed by atoms with Crippen molar-refractivity contribution in [3.63, 3.8) is 0 Å². The molecule has 1 fully saturated rings. The van der Waals surface area contributed by atoms with E-state index in [9.17, 15) is 9.59 Å². The van der Waals surface area contributed by atoms with Gasteiger partial charge in [-0.1, -0.05) is 19.8 Å². The topological polar surface area (TPSA) is 37.4 Å². The summed E-state index contributed by atoms with van der Waals surface area (Å²) in [5.41, 5.74) is 0.791. The summed E-state index contributed by atoms with van der Waals surface area (Å²) in [7, 11) is 0. The standard InChI is InChI=1S/C17H25NO2S/c1-4-5-14-6-7-17(20)18(9-8-14)11-16(19)15-10-12(2)21-13(15)3/h10,14H,4-9,11H2,1-3H3. The lowest BCUT2D eigenvalue weighted by atomic mass is 9.96. The quantitative estimate of drug-likeness (QED) is 0.772. The maximum Gasteiger partial charge on any atom is 0.222 e. The van der Waals surface area contributed by atoms with Crippen molar-refractivity contribution in [2.45, 2.75) is 52.9 Å². The summed E-state index contributed by atoms with van der Waals surface area (Å²) in [6.07, 6.45) is 4.98. The normalized spacial score (nSPS) is 19.7. The monoisotopic (exact) mass is 307 g/mol. The Balaban J connectivity index is 1.99. The smallest absolute Gasteiger partial charge is 0.222 e. The van der Waals surface area contributed by atoms with Crippen LogP contribution in [0, 0.1) is 19.8 Å². The number of carbonyl (C=O) groups excluding carboxylic acids is 2. The minimum atomic E-state index is 0.0825. The zero-order valence-electron chi connectivity index (χ0n) is 13.3. The molecule has 1 aliphatic rings. The number of aryl methyl sites for hydroxylation is 2. The van der Waals surface area contributed by atoms with Gasteiger partial charge in [-0.25, -0.2) is 0 Å². The van der Waals surface area contributed by atoms with Crippen LogP contribution in [0.2, 0.25) is 0 Å². The Morgan fingerprint density at radius 1 is 1.38 bits per heavy atom. The zero-order chi connectivity index (χ0) is 15.4. The Labute approximate surface area is 131 Å². The van der Waals surface area contributed by atoms with Crippen LogP contribution in [0.3, 0.4) is 0 Å². The molecule has 3 nitrogen and oxygen atoms in total.